The van der Waals surface area contributed by atoms with Gasteiger partial charge in [0.2, 0.25) is 12.3 Å². The number of rotatable bonds is 7. The van der Waals surface area contributed by atoms with E-state index in [2.05, 4.69) is 69.3 Å². The highest BCUT2D eigenvalue weighted by Gasteiger charge is 2.29. The zero-order chi connectivity index (χ0) is 25.1. The summed E-state index contributed by atoms with van der Waals surface area (Å²) in [4.78, 5) is 13.6. The standard InChI is InChI=1S/C16H22FNO2.C10H15N.C2H6.H2O.H2/c1-9(2)14-7-13(20-10(3)17)8-15(12-5-6-12)16(14)18-11(4)19;1-9-4-6-10(7-5-9)8-11(2)3;1-2;;/h7-10,12H,5-6H2,1-4H3,(H,18,19);4-7H,8H2,1-3H3;1-2H3;1H2;1H. The molecule has 34 heavy (non-hydrogen) atoms. The predicted molar refractivity (Wildman–Crippen MR) is 144 cm³/mol. The Hall–Kier alpha value is -2.44. The number of benzene rings is 2. The molecule has 1 saturated carbocycles. The van der Waals surface area contributed by atoms with Crippen molar-refractivity contribution in [3.8, 4) is 5.75 Å². The fourth-order valence-electron chi connectivity index (χ4n) is 3.47. The van der Waals surface area contributed by atoms with Crippen LogP contribution in [0.4, 0.5) is 10.1 Å². The number of carbonyl (C=O) groups is 1. The molecule has 0 aliphatic heterocycles. The lowest BCUT2D eigenvalue weighted by Gasteiger charge is -2.20. The lowest BCUT2D eigenvalue weighted by molar-refractivity contribution is -0.114. The summed E-state index contributed by atoms with van der Waals surface area (Å²) in [6.07, 6.45) is 0.881. The van der Waals surface area contributed by atoms with Gasteiger partial charge in [0.25, 0.3) is 0 Å². The average Bonchev–Trinajstić information content (AvgIpc) is 3.56. The molecule has 1 aliphatic carbocycles. The van der Waals surface area contributed by atoms with Crippen molar-refractivity contribution in [1.82, 2.24) is 4.90 Å². The quantitative estimate of drug-likeness (QED) is 0.473. The molecule has 0 bridgehead atoms. The minimum absolute atomic E-state index is 0. The van der Waals surface area contributed by atoms with Crippen LogP contribution in [0, 0.1) is 6.92 Å². The number of halogens is 1. The molecule has 2 aromatic carbocycles. The van der Waals surface area contributed by atoms with Crippen molar-refractivity contribution >= 4 is 11.6 Å². The molecule has 1 fully saturated rings. The van der Waals surface area contributed by atoms with Crippen LogP contribution in [0.15, 0.2) is 36.4 Å². The molecular weight excluding hydrogens is 431 g/mol. The molecule has 3 rings (SSSR count). The molecule has 6 heteroatoms. The van der Waals surface area contributed by atoms with Gasteiger partial charge in [-0.2, -0.15) is 0 Å². The molecule has 0 radical (unpaired) electrons. The van der Waals surface area contributed by atoms with Crippen LogP contribution < -0.4 is 10.1 Å². The number of amides is 1. The van der Waals surface area contributed by atoms with Crippen molar-refractivity contribution in [1.29, 1.82) is 0 Å². The van der Waals surface area contributed by atoms with E-state index < -0.39 is 6.36 Å². The summed E-state index contributed by atoms with van der Waals surface area (Å²) in [6, 6.07) is 12.4. The van der Waals surface area contributed by atoms with Crippen LogP contribution in [0.2, 0.25) is 0 Å². The van der Waals surface area contributed by atoms with Crippen molar-refractivity contribution < 1.29 is 20.8 Å². The van der Waals surface area contributed by atoms with Gasteiger partial charge < -0.3 is 20.4 Å². The smallest absolute Gasteiger partial charge is 0.235 e. The van der Waals surface area contributed by atoms with Gasteiger partial charge in [0.15, 0.2) is 0 Å². The van der Waals surface area contributed by atoms with Gasteiger partial charge in [0, 0.05) is 27.5 Å². The Kier molecular flexibility index (Phi) is 14.4. The summed E-state index contributed by atoms with van der Waals surface area (Å²) in [5.74, 6) is 1.14. The summed E-state index contributed by atoms with van der Waals surface area (Å²) in [5.41, 5.74) is 5.66. The highest BCUT2D eigenvalue weighted by atomic mass is 19.1. The Balaban J connectivity index is 0. The SMILES string of the molecule is CC.CC(=O)Nc1c(C(C)C)cc(OC(C)F)cc1C1CC1.Cc1ccc(CN(C)C)cc1.O.[HH]. The Morgan fingerprint density at radius 2 is 1.71 bits per heavy atom. The average molecular weight is 479 g/mol. The lowest BCUT2D eigenvalue weighted by Crippen LogP contribution is -2.12. The van der Waals surface area contributed by atoms with Gasteiger partial charge in [-0.3, -0.25) is 4.79 Å². The van der Waals surface area contributed by atoms with E-state index in [0.29, 0.717) is 11.7 Å². The largest absolute Gasteiger partial charge is 0.461 e. The minimum Gasteiger partial charge on any atom is -0.461 e. The van der Waals surface area contributed by atoms with E-state index in [1.807, 2.05) is 26.0 Å². The number of alkyl halides is 1. The summed E-state index contributed by atoms with van der Waals surface area (Å²) < 4.78 is 18.3. The van der Waals surface area contributed by atoms with Crippen molar-refractivity contribution in [2.75, 3.05) is 19.4 Å². The Bertz CT molecular complexity index is 844. The molecule has 1 unspecified atom stereocenters. The third-order valence-electron chi connectivity index (χ3n) is 5.03. The number of aryl methyl sites for hydroxylation is 1. The second kappa shape index (κ2) is 15.5. The zero-order valence-corrected chi connectivity index (χ0v) is 22.5. The minimum atomic E-state index is -1.34. The third kappa shape index (κ3) is 11.1. The van der Waals surface area contributed by atoms with E-state index in [1.165, 1.54) is 25.0 Å². The van der Waals surface area contributed by atoms with Crippen LogP contribution in [0.3, 0.4) is 0 Å². The summed E-state index contributed by atoms with van der Waals surface area (Å²) in [6.45, 7) is 14.1. The number of ether oxygens (including phenoxy) is 1. The number of carbonyl (C=O) groups excluding carboxylic acids is 1. The first-order chi connectivity index (χ1) is 15.6. The number of nitrogens with zero attached hydrogens (tertiary/aromatic N) is 1. The van der Waals surface area contributed by atoms with E-state index in [1.54, 1.807) is 0 Å². The fourth-order valence-corrected chi connectivity index (χ4v) is 3.47. The maximum Gasteiger partial charge on any atom is 0.235 e. The topological polar surface area (TPSA) is 73.1 Å². The highest BCUT2D eigenvalue weighted by molar-refractivity contribution is 5.91. The lowest BCUT2D eigenvalue weighted by atomic mass is 9.95. The van der Waals surface area contributed by atoms with Crippen LogP contribution in [0.1, 0.15) is 89.9 Å². The van der Waals surface area contributed by atoms with Crippen molar-refractivity contribution in [2.24, 2.45) is 0 Å². The molecule has 1 amide bonds. The van der Waals surface area contributed by atoms with Crippen LogP contribution in [-0.4, -0.2) is 36.7 Å². The van der Waals surface area contributed by atoms with E-state index >= 15 is 0 Å². The van der Waals surface area contributed by atoms with Crippen molar-refractivity contribution in [3.05, 3.63) is 58.7 Å². The molecule has 0 spiro atoms. The van der Waals surface area contributed by atoms with Crippen LogP contribution in [-0.2, 0) is 11.3 Å². The first-order valence-corrected chi connectivity index (χ1v) is 12.0. The van der Waals surface area contributed by atoms with Crippen molar-refractivity contribution in [2.45, 2.75) is 86.0 Å². The number of nitrogens with one attached hydrogen (secondary N) is 1. The molecule has 194 valence electrons. The number of hydrogen-bond acceptors (Lipinski definition) is 3. The Labute approximate surface area is 207 Å². The normalized spacial score (nSPS) is 13.1. The molecule has 3 N–H and O–H groups in total. The Morgan fingerprint density at radius 1 is 1.15 bits per heavy atom. The van der Waals surface area contributed by atoms with E-state index in [4.69, 9.17) is 4.74 Å². The van der Waals surface area contributed by atoms with E-state index in [-0.39, 0.29) is 18.7 Å². The maximum absolute atomic E-state index is 13.1. The predicted octanol–water partition coefficient (Wildman–Crippen LogP) is 6.84. The maximum atomic E-state index is 13.1. The van der Waals surface area contributed by atoms with Gasteiger partial charge in [-0.1, -0.05) is 57.5 Å². The highest BCUT2D eigenvalue weighted by Crippen LogP contribution is 2.47. The van der Waals surface area contributed by atoms with E-state index in [9.17, 15) is 9.18 Å². The van der Waals surface area contributed by atoms with Gasteiger partial charge in [0.05, 0.1) is 0 Å². The van der Waals surface area contributed by atoms with Gasteiger partial charge in [-0.15, -0.1) is 0 Å². The van der Waals surface area contributed by atoms with Gasteiger partial charge in [-0.05, 0) is 74.5 Å². The van der Waals surface area contributed by atoms with Crippen LogP contribution >= 0.6 is 0 Å². The van der Waals surface area contributed by atoms with Gasteiger partial charge >= 0.3 is 0 Å². The molecular formula is C28H47FN2O3. The molecule has 1 aliphatic rings. The first-order valence-electron chi connectivity index (χ1n) is 12.0. The summed E-state index contributed by atoms with van der Waals surface area (Å²) in [7, 11) is 4.17. The number of hydrogen-bond donors (Lipinski definition) is 1. The summed E-state index contributed by atoms with van der Waals surface area (Å²) in [5, 5.41) is 2.94. The van der Waals surface area contributed by atoms with Crippen LogP contribution in [0.5, 0.6) is 5.75 Å². The zero-order valence-electron chi connectivity index (χ0n) is 22.5. The fraction of sp³-hybridized carbons (Fsp3) is 0.536. The van der Waals surface area contributed by atoms with Gasteiger partial charge in [-0.25, -0.2) is 4.39 Å². The third-order valence-corrected chi connectivity index (χ3v) is 5.03. The molecule has 2 aromatic rings. The van der Waals surface area contributed by atoms with E-state index in [0.717, 1.165) is 36.2 Å². The van der Waals surface area contributed by atoms with Gasteiger partial charge in [0.1, 0.15) is 5.75 Å². The second-order valence-corrected chi connectivity index (χ2v) is 8.97. The second-order valence-electron chi connectivity index (χ2n) is 8.97. The van der Waals surface area contributed by atoms with Crippen LogP contribution in [0.25, 0.3) is 0 Å². The number of anilines is 1. The molecule has 0 heterocycles. The molecule has 1 atom stereocenters. The van der Waals surface area contributed by atoms with Crippen molar-refractivity contribution in [3.63, 3.8) is 0 Å². The molecule has 0 aromatic heterocycles. The monoisotopic (exact) mass is 478 g/mol. The summed E-state index contributed by atoms with van der Waals surface area (Å²) >= 11 is 0. The first kappa shape index (κ1) is 31.6. The molecule has 0 saturated heterocycles. The Morgan fingerprint density at radius 3 is 2.12 bits per heavy atom. The molecule has 5 nitrogen and oxygen atoms in total.